The number of halogens is 1. The first-order valence-corrected chi connectivity index (χ1v) is 11.6. The van der Waals surface area contributed by atoms with Crippen molar-refractivity contribution in [3.8, 4) is 5.75 Å². The summed E-state index contributed by atoms with van der Waals surface area (Å²) in [6.45, 7) is 6.71. The molecule has 2 aliphatic rings. The summed E-state index contributed by atoms with van der Waals surface area (Å²) in [5.74, 6) is -0.510. The summed E-state index contributed by atoms with van der Waals surface area (Å²) in [4.78, 5) is 38.3. The number of ether oxygens (including phenoxy) is 1. The van der Waals surface area contributed by atoms with Gasteiger partial charge in [0.05, 0.1) is 23.4 Å². The van der Waals surface area contributed by atoms with Gasteiger partial charge < -0.3 is 15.0 Å². The third-order valence-corrected chi connectivity index (χ3v) is 6.68. The SMILES string of the molecule is CC(=O)NC1=NN(C(C)=O)[C@@]2(S1)C(=O)N(Cc1ccccc1OC(C)C)c1c(Cl)cccc12. The number of fused-ring (bicyclic) bond motifs is 2. The van der Waals surface area contributed by atoms with Gasteiger partial charge in [0.2, 0.25) is 16.7 Å². The van der Waals surface area contributed by atoms with E-state index in [9.17, 15) is 14.4 Å². The lowest BCUT2D eigenvalue weighted by molar-refractivity contribution is -0.139. The van der Waals surface area contributed by atoms with Crippen LogP contribution in [0.1, 0.15) is 38.8 Å². The minimum absolute atomic E-state index is 0.0464. The Morgan fingerprint density at radius 2 is 1.91 bits per heavy atom. The van der Waals surface area contributed by atoms with E-state index < -0.39 is 10.8 Å². The summed E-state index contributed by atoms with van der Waals surface area (Å²) in [6, 6.07) is 12.7. The van der Waals surface area contributed by atoms with Crippen LogP contribution < -0.4 is 15.0 Å². The van der Waals surface area contributed by atoms with E-state index in [0.717, 1.165) is 22.3 Å². The van der Waals surface area contributed by atoms with Crippen molar-refractivity contribution < 1.29 is 19.1 Å². The summed E-state index contributed by atoms with van der Waals surface area (Å²) in [6.07, 6.45) is -0.0464. The van der Waals surface area contributed by atoms with Crippen LogP contribution in [0.5, 0.6) is 5.75 Å². The van der Waals surface area contributed by atoms with Crippen molar-refractivity contribution in [3.05, 3.63) is 58.6 Å². The molecule has 4 rings (SSSR count). The van der Waals surface area contributed by atoms with Gasteiger partial charge in [-0.2, -0.15) is 5.01 Å². The Kier molecular flexibility index (Phi) is 6.11. The van der Waals surface area contributed by atoms with Gasteiger partial charge in [-0.05, 0) is 37.7 Å². The average molecular weight is 487 g/mol. The fourth-order valence-corrected chi connectivity index (χ4v) is 5.55. The highest BCUT2D eigenvalue weighted by atomic mass is 35.5. The van der Waals surface area contributed by atoms with Crippen molar-refractivity contribution in [1.29, 1.82) is 0 Å². The minimum Gasteiger partial charge on any atom is -0.491 e. The number of anilines is 1. The number of benzene rings is 2. The molecule has 1 spiro atoms. The van der Waals surface area contributed by atoms with E-state index in [2.05, 4.69) is 10.4 Å². The van der Waals surface area contributed by atoms with E-state index in [4.69, 9.17) is 16.3 Å². The number of hydrogen-bond donors (Lipinski definition) is 1. The van der Waals surface area contributed by atoms with Crippen LogP contribution in [-0.2, 0) is 25.8 Å². The fraction of sp³-hybridized carbons (Fsp3) is 0.304. The molecule has 1 N–H and O–H groups in total. The van der Waals surface area contributed by atoms with Gasteiger partial charge in [0, 0.05) is 25.0 Å². The minimum atomic E-state index is -1.50. The molecule has 0 saturated heterocycles. The number of amides is 3. The number of rotatable bonds is 4. The van der Waals surface area contributed by atoms with Crippen LogP contribution in [0.25, 0.3) is 0 Å². The monoisotopic (exact) mass is 486 g/mol. The zero-order valence-corrected chi connectivity index (χ0v) is 20.2. The van der Waals surface area contributed by atoms with E-state index in [1.807, 2.05) is 38.1 Å². The Balaban J connectivity index is 1.82. The van der Waals surface area contributed by atoms with Gasteiger partial charge in [0.25, 0.3) is 5.91 Å². The maximum atomic E-state index is 14.0. The second kappa shape index (κ2) is 8.72. The summed E-state index contributed by atoms with van der Waals surface area (Å²) >= 11 is 7.60. The Labute approximate surface area is 200 Å². The van der Waals surface area contributed by atoms with Gasteiger partial charge in [0.1, 0.15) is 5.75 Å². The Bertz CT molecular complexity index is 1180. The Hall–Kier alpha value is -3.04. The zero-order chi connectivity index (χ0) is 23.9. The van der Waals surface area contributed by atoms with Gasteiger partial charge in [-0.1, -0.05) is 41.9 Å². The van der Waals surface area contributed by atoms with Crippen molar-refractivity contribution in [2.24, 2.45) is 5.10 Å². The molecule has 2 aromatic carbocycles. The molecule has 0 fully saturated rings. The van der Waals surface area contributed by atoms with E-state index in [-0.39, 0.29) is 29.6 Å². The second-order valence-corrected chi connectivity index (χ2v) is 9.55. The third-order valence-electron chi connectivity index (χ3n) is 5.14. The van der Waals surface area contributed by atoms with Crippen LogP contribution in [0, 0.1) is 0 Å². The number of carbonyl (C=O) groups is 3. The standard InChI is InChI=1S/C23H23ClN4O4S/c1-13(2)32-19-11-6-5-8-16(19)12-27-20-17(9-7-10-18(20)24)23(21(27)31)28(15(4)30)26-22(33-23)25-14(3)29/h5-11,13H,12H2,1-4H3,(H,25,26,29)/t23-/m0/s1. The average Bonchev–Trinajstić information content (AvgIpc) is 3.22. The van der Waals surface area contributed by atoms with Crippen LogP contribution in [0.3, 0.4) is 0 Å². The molecule has 2 heterocycles. The van der Waals surface area contributed by atoms with Gasteiger partial charge in [-0.25, -0.2) is 0 Å². The van der Waals surface area contributed by atoms with Crippen molar-refractivity contribution in [2.45, 2.75) is 45.2 Å². The summed E-state index contributed by atoms with van der Waals surface area (Å²) in [5, 5.41) is 8.52. The molecule has 2 aromatic rings. The molecule has 2 aliphatic heterocycles. The second-order valence-electron chi connectivity index (χ2n) is 7.96. The summed E-state index contributed by atoms with van der Waals surface area (Å²) < 4.78 is 5.94. The van der Waals surface area contributed by atoms with Crippen molar-refractivity contribution in [1.82, 2.24) is 10.3 Å². The van der Waals surface area contributed by atoms with E-state index in [1.165, 1.54) is 13.8 Å². The number of nitrogens with zero attached hydrogens (tertiary/aromatic N) is 3. The van der Waals surface area contributed by atoms with Crippen molar-refractivity contribution >= 4 is 51.9 Å². The van der Waals surface area contributed by atoms with E-state index >= 15 is 0 Å². The molecule has 0 aliphatic carbocycles. The number of amidine groups is 1. The molecule has 0 unspecified atom stereocenters. The van der Waals surface area contributed by atoms with Gasteiger partial charge in [-0.15, -0.1) is 5.10 Å². The lowest BCUT2D eigenvalue weighted by Gasteiger charge is -2.29. The molecule has 3 amide bonds. The van der Waals surface area contributed by atoms with E-state index in [0.29, 0.717) is 22.0 Å². The van der Waals surface area contributed by atoms with Gasteiger partial charge in [0.15, 0.2) is 5.17 Å². The lowest BCUT2D eigenvalue weighted by Crippen LogP contribution is -2.48. The molecule has 0 radical (unpaired) electrons. The molecular formula is C23H23ClN4O4S. The van der Waals surface area contributed by atoms with Gasteiger partial charge in [-0.3, -0.25) is 14.4 Å². The van der Waals surface area contributed by atoms with Crippen LogP contribution >= 0.6 is 23.4 Å². The summed E-state index contributed by atoms with van der Waals surface area (Å²) in [7, 11) is 0. The summed E-state index contributed by atoms with van der Waals surface area (Å²) in [5.41, 5.74) is 1.83. The number of carbonyl (C=O) groups excluding carboxylic acids is 3. The highest BCUT2D eigenvalue weighted by Crippen LogP contribution is 2.56. The smallest absolute Gasteiger partial charge is 0.271 e. The number of hydrogen-bond acceptors (Lipinski definition) is 6. The molecular weight excluding hydrogens is 464 g/mol. The van der Waals surface area contributed by atoms with Crippen molar-refractivity contribution in [3.63, 3.8) is 0 Å². The molecule has 0 bridgehead atoms. The largest absolute Gasteiger partial charge is 0.491 e. The molecule has 1 atom stereocenters. The first-order valence-electron chi connectivity index (χ1n) is 10.4. The number of nitrogens with one attached hydrogen (secondary N) is 1. The predicted molar refractivity (Wildman–Crippen MR) is 128 cm³/mol. The number of thioether (sulfide) groups is 1. The fourth-order valence-electron chi connectivity index (χ4n) is 3.95. The molecule has 33 heavy (non-hydrogen) atoms. The third kappa shape index (κ3) is 3.95. The highest BCUT2D eigenvalue weighted by Gasteiger charge is 2.61. The van der Waals surface area contributed by atoms with Gasteiger partial charge >= 0.3 is 0 Å². The number of hydrazone groups is 1. The van der Waals surface area contributed by atoms with E-state index in [1.54, 1.807) is 23.1 Å². The molecule has 172 valence electrons. The first kappa shape index (κ1) is 23.1. The molecule has 8 nitrogen and oxygen atoms in total. The Morgan fingerprint density at radius 3 is 2.58 bits per heavy atom. The zero-order valence-electron chi connectivity index (χ0n) is 18.6. The van der Waals surface area contributed by atoms with Crippen molar-refractivity contribution in [2.75, 3.05) is 4.90 Å². The number of para-hydroxylation sites is 2. The first-order chi connectivity index (χ1) is 15.6. The highest BCUT2D eigenvalue weighted by molar-refractivity contribution is 8.15. The Morgan fingerprint density at radius 1 is 1.18 bits per heavy atom. The maximum absolute atomic E-state index is 14.0. The quantitative estimate of drug-likeness (QED) is 0.709. The normalized spacial score (nSPS) is 19.2. The molecule has 0 aromatic heterocycles. The maximum Gasteiger partial charge on any atom is 0.271 e. The molecule has 0 saturated carbocycles. The molecule has 10 heteroatoms. The predicted octanol–water partition coefficient (Wildman–Crippen LogP) is 3.83. The van der Waals surface area contributed by atoms with Crippen LogP contribution in [0.2, 0.25) is 5.02 Å². The van der Waals surface area contributed by atoms with Crippen LogP contribution in [-0.4, -0.2) is 34.0 Å². The lowest BCUT2D eigenvalue weighted by atomic mass is 10.1. The van der Waals surface area contributed by atoms with Crippen LogP contribution in [0.4, 0.5) is 5.69 Å². The topological polar surface area (TPSA) is 91.3 Å². The van der Waals surface area contributed by atoms with Crippen LogP contribution in [0.15, 0.2) is 47.6 Å².